The highest BCUT2D eigenvalue weighted by atomic mass is 32.2. The average Bonchev–Trinajstić information content (AvgIpc) is 2.96. The van der Waals surface area contributed by atoms with Crippen LogP contribution in [0.15, 0.2) is 23.4 Å². The third-order valence-corrected chi connectivity index (χ3v) is 5.32. The molecule has 0 aliphatic heterocycles. The molecule has 2 rings (SSSR count). The van der Waals surface area contributed by atoms with Gasteiger partial charge in [0.25, 0.3) is 0 Å². The van der Waals surface area contributed by atoms with E-state index >= 15 is 0 Å². The highest BCUT2D eigenvalue weighted by Gasteiger charge is 2.35. The number of rotatable bonds is 5. The molecule has 0 spiro atoms. The Hall–Kier alpha value is -1.34. The number of nitrogens with zero attached hydrogens (tertiary/aromatic N) is 2. The monoisotopic (exact) mass is 286 g/mol. The second-order valence-electron chi connectivity index (χ2n) is 4.89. The minimum atomic E-state index is -3.73. The molecule has 1 aliphatic rings. The van der Waals surface area contributed by atoms with Crippen LogP contribution in [0.25, 0.3) is 0 Å². The van der Waals surface area contributed by atoms with Crippen molar-refractivity contribution in [3.8, 4) is 0 Å². The van der Waals surface area contributed by atoms with E-state index in [0.29, 0.717) is 0 Å². The van der Waals surface area contributed by atoms with Crippen LogP contribution in [0.2, 0.25) is 0 Å². The van der Waals surface area contributed by atoms with Crippen molar-refractivity contribution in [2.24, 2.45) is 7.05 Å². The quantitative estimate of drug-likeness (QED) is 0.877. The van der Waals surface area contributed by atoms with Crippen LogP contribution in [0.4, 0.5) is 0 Å². The van der Waals surface area contributed by atoms with Gasteiger partial charge in [0.05, 0.1) is 4.90 Å². The number of aromatic nitrogens is 1. The normalized spacial score (nSPS) is 17.2. The maximum atomic E-state index is 12.5. The number of aryl methyl sites for hydroxylation is 1. The van der Waals surface area contributed by atoms with Crippen molar-refractivity contribution in [3.05, 3.63) is 18.5 Å². The minimum absolute atomic E-state index is 0.156. The number of hydrogen-bond donors (Lipinski definition) is 1. The Morgan fingerprint density at radius 1 is 1.47 bits per heavy atom. The molecule has 1 aromatic heterocycles. The summed E-state index contributed by atoms with van der Waals surface area (Å²) in [6.45, 7) is -0.470. The van der Waals surface area contributed by atoms with Gasteiger partial charge < -0.3 is 9.67 Å². The summed E-state index contributed by atoms with van der Waals surface area (Å²) in [4.78, 5) is 11.1. The number of sulfonamides is 1. The molecule has 0 unspecified atom stereocenters. The van der Waals surface area contributed by atoms with Crippen molar-refractivity contribution in [1.29, 1.82) is 0 Å². The molecule has 0 radical (unpaired) electrons. The van der Waals surface area contributed by atoms with Gasteiger partial charge in [-0.15, -0.1) is 0 Å². The molecular weight excluding hydrogens is 268 g/mol. The zero-order valence-electron chi connectivity index (χ0n) is 10.8. The van der Waals surface area contributed by atoms with Gasteiger partial charge in [-0.25, -0.2) is 8.42 Å². The molecule has 106 valence electrons. The predicted molar refractivity (Wildman–Crippen MR) is 69.2 cm³/mol. The molecule has 1 N–H and O–H groups in total. The molecule has 0 atom stereocenters. The summed E-state index contributed by atoms with van der Waals surface area (Å²) in [5.41, 5.74) is 0. The summed E-state index contributed by atoms with van der Waals surface area (Å²) < 4.78 is 27.8. The van der Waals surface area contributed by atoms with Crippen molar-refractivity contribution in [3.63, 3.8) is 0 Å². The zero-order chi connectivity index (χ0) is 14.0. The highest BCUT2D eigenvalue weighted by Crippen LogP contribution is 2.28. The first-order valence-corrected chi connectivity index (χ1v) is 7.71. The third-order valence-electron chi connectivity index (χ3n) is 3.43. The molecule has 1 aromatic rings. The fourth-order valence-corrected chi connectivity index (χ4v) is 4.19. The fraction of sp³-hybridized carbons (Fsp3) is 0.583. The van der Waals surface area contributed by atoms with Crippen molar-refractivity contribution in [2.45, 2.75) is 36.6 Å². The van der Waals surface area contributed by atoms with Crippen molar-refractivity contribution < 1.29 is 18.3 Å². The van der Waals surface area contributed by atoms with E-state index in [4.69, 9.17) is 5.11 Å². The molecule has 1 fully saturated rings. The predicted octanol–water partition coefficient (Wildman–Crippen LogP) is 1.04. The van der Waals surface area contributed by atoms with E-state index in [1.54, 1.807) is 17.8 Å². The standard InChI is InChI=1S/C12H18N2O4S/c1-13-7-6-11(8-13)19(17,18)14(9-12(15)16)10-4-2-3-5-10/h6-8,10H,2-5,9H2,1H3,(H,15,16). The molecule has 0 bridgehead atoms. The molecule has 1 aliphatic carbocycles. The van der Waals surface area contributed by atoms with Crippen LogP contribution in [0.5, 0.6) is 0 Å². The Balaban J connectivity index is 2.33. The van der Waals surface area contributed by atoms with Crippen LogP contribution < -0.4 is 0 Å². The van der Waals surface area contributed by atoms with Crippen LogP contribution in [0.1, 0.15) is 25.7 Å². The summed E-state index contributed by atoms with van der Waals surface area (Å²) in [6.07, 6.45) is 6.51. The maximum Gasteiger partial charge on any atom is 0.318 e. The van der Waals surface area contributed by atoms with Gasteiger partial charge in [0.15, 0.2) is 0 Å². The summed E-state index contributed by atoms with van der Waals surface area (Å²) in [5.74, 6) is -1.12. The molecular formula is C12H18N2O4S. The van der Waals surface area contributed by atoms with Gasteiger partial charge in [0, 0.05) is 25.5 Å². The van der Waals surface area contributed by atoms with Gasteiger partial charge in [0.1, 0.15) is 6.54 Å². The number of aliphatic carboxylic acids is 1. The lowest BCUT2D eigenvalue weighted by Crippen LogP contribution is -2.42. The fourth-order valence-electron chi connectivity index (χ4n) is 2.50. The van der Waals surface area contributed by atoms with E-state index in [-0.39, 0.29) is 10.9 Å². The van der Waals surface area contributed by atoms with Gasteiger partial charge in [-0.2, -0.15) is 4.31 Å². The van der Waals surface area contributed by atoms with Gasteiger partial charge in [-0.1, -0.05) is 12.8 Å². The number of carboxylic acids is 1. The van der Waals surface area contributed by atoms with Crippen molar-refractivity contribution in [2.75, 3.05) is 6.54 Å². The largest absolute Gasteiger partial charge is 0.480 e. The Kier molecular flexibility index (Phi) is 3.96. The van der Waals surface area contributed by atoms with Gasteiger partial charge >= 0.3 is 5.97 Å². The first-order chi connectivity index (χ1) is 8.91. The Morgan fingerprint density at radius 3 is 2.58 bits per heavy atom. The summed E-state index contributed by atoms with van der Waals surface area (Å²) in [7, 11) is -1.99. The van der Waals surface area contributed by atoms with E-state index in [9.17, 15) is 13.2 Å². The van der Waals surface area contributed by atoms with Gasteiger partial charge in [-0.05, 0) is 18.9 Å². The van der Waals surface area contributed by atoms with E-state index in [0.717, 1.165) is 30.0 Å². The second kappa shape index (κ2) is 5.34. The van der Waals surface area contributed by atoms with E-state index in [1.165, 1.54) is 12.3 Å². The third kappa shape index (κ3) is 2.98. The summed E-state index contributed by atoms with van der Waals surface area (Å²) in [6, 6.07) is 1.31. The molecule has 7 heteroatoms. The molecule has 1 saturated carbocycles. The molecule has 0 saturated heterocycles. The molecule has 0 aromatic carbocycles. The average molecular weight is 286 g/mol. The topological polar surface area (TPSA) is 79.6 Å². The van der Waals surface area contributed by atoms with Crippen LogP contribution in [-0.4, -0.2) is 41.0 Å². The molecule has 6 nitrogen and oxygen atoms in total. The Bertz CT molecular complexity index is 558. The smallest absolute Gasteiger partial charge is 0.318 e. The van der Waals surface area contributed by atoms with E-state index in [2.05, 4.69) is 0 Å². The highest BCUT2D eigenvalue weighted by molar-refractivity contribution is 7.89. The lowest BCUT2D eigenvalue weighted by molar-refractivity contribution is -0.137. The molecule has 1 heterocycles. The second-order valence-corrected chi connectivity index (χ2v) is 6.79. The van der Waals surface area contributed by atoms with Gasteiger partial charge in [-0.3, -0.25) is 4.79 Å². The Labute approximate surface area is 112 Å². The first-order valence-electron chi connectivity index (χ1n) is 6.27. The SMILES string of the molecule is Cn1ccc(S(=O)(=O)N(CC(=O)O)C2CCCC2)c1. The summed E-state index contributed by atoms with van der Waals surface area (Å²) in [5, 5.41) is 8.95. The van der Waals surface area contributed by atoms with Crippen LogP contribution in [0, 0.1) is 0 Å². The van der Waals surface area contributed by atoms with Crippen molar-refractivity contribution >= 4 is 16.0 Å². The van der Waals surface area contributed by atoms with E-state index in [1.807, 2.05) is 0 Å². The lowest BCUT2D eigenvalue weighted by Gasteiger charge is -2.25. The number of hydrogen-bond acceptors (Lipinski definition) is 3. The zero-order valence-corrected chi connectivity index (χ0v) is 11.6. The van der Waals surface area contributed by atoms with Crippen LogP contribution in [0.3, 0.4) is 0 Å². The van der Waals surface area contributed by atoms with Crippen LogP contribution >= 0.6 is 0 Å². The lowest BCUT2D eigenvalue weighted by atomic mass is 10.2. The number of carboxylic acid groups (broad SMARTS) is 1. The Morgan fingerprint density at radius 2 is 2.11 bits per heavy atom. The minimum Gasteiger partial charge on any atom is -0.480 e. The number of carbonyl (C=O) groups is 1. The molecule has 19 heavy (non-hydrogen) atoms. The molecule has 0 amide bonds. The van der Waals surface area contributed by atoms with Crippen molar-refractivity contribution in [1.82, 2.24) is 8.87 Å². The first kappa shape index (κ1) is 14.1. The summed E-state index contributed by atoms with van der Waals surface area (Å²) >= 11 is 0. The van der Waals surface area contributed by atoms with Crippen LogP contribution in [-0.2, 0) is 21.9 Å². The van der Waals surface area contributed by atoms with Gasteiger partial charge in [0.2, 0.25) is 10.0 Å². The van der Waals surface area contributed by atoms with E-state index < -0.39 is 22.5 Å². The maximum absolute atomic E-state index is 12.5.